The van der Waals surface area contributed by atoms with Crippen molar-refractivity contribution >= 4 is 11.6 Å². The van der Waals surface area contributed by atoms with Crippen LogP contribution in [0.3, 0.4) is 0 Å². The standard InChI is InChI=1S/C11H18ClN3/c1-3-15-11(10(12)8(2)14-15)9-4-6-13-7-5-9/h9,13H,3-7H2,1-2H3. The third-order valence-electron chi connectivity index (χ3n) is 3.12. The molecule has 1 saturated heterocycles. The Bertz CT molecular complexity index is 340. The Labute approximate surface area is 95.8 Å². The molecule has 0 amide bonds. The summed E-state index contributed by atoms with van der Waals surface area (Å²) in [6, 6.07) is 0. The van der Waals surface area contributed by atoms with Gasteiger partial charge in [-0.3, -0.25) is 4.68 Å². The minimum absolute atomic E-state index is 0.583. The Kier molecular flexibility index (Phi) is 3.32. The molecule has 0 radical (unpaired) electrons. The van der Waals surface area contributed by atoms with Gasteiger partial charge in [0.2, 0.25) is 0 Å². The van der Waals surface area contributed by atoms with Gasteiger partial charge in [-0.05, 0) is 39.8 Å². The number of aromatic nitrogens is 2. The van der Waals surface area contributed by atoms with Crippen LogP contribution in [0.2, 0.25) is 5.02 Å². The van der Waals surface area contributed by atoms with Crippen molar-refractivity contribution in [3.8, 4) is 0 Å². The second-order valence-corrected chi connectivity index (χ2v) is 4.50. The Morgan fingerprint density at radius 2 is 2.13 bits per heavy atom. The molecule has 0 saturated carbocycles. The van der Waals surface area contributed by atoms with E-state index < -0.39 is 0 Å². The lowest BCUT2D eigenvalue weighted by Crippen LogP contribution is -2.28. The van der Waals surface area contributed by atoms with Gasteiger partial charge in [0.1, 0.15) is 0 Å². The SMILES string of the molecule is CCn1nc(C)c(Cl)c1C1CCNCC1. The molecule has 1 N–H and O–H groups in total. The van der Waals surface area contributed by atoms with Gasteiger partial charge in [0, 0.05) is 12.5 Å². The van der Waals surface area contributed by atoms with E-state index in [0.717, 1.165) is 30.4 Å². The van der Waals surface area contributed by atoms with Crippen LogP contribution in [0.4, 0.5) is 0 Å². The summed E-state index contributed by atoms with van der Waals surface area (Å²) in [7, 11) is 0. The highest BCUT2D eigenvalue weighted by molar-refractivity contribution is 6.31. The second-order valence-electron chi connectivity index (χ2n) is 4.12. The maximum absolute atomic E-state index is 6.32. The van der Waals surface area contributed by atoms with Crippen molar-refractivity contribution in [1.29, 1.82) is 0 Å². The Balaban J connectivity index is 2.31. The molecule has 1 aliphatic heterocycles. The number of nitrogens with zero attached hydrogens (tertiary/aromatic N) is 2. The fraction of sp³-hybridized carbons (Fsp3) is 0.727. The molecule has 4 heteroatoms. The maximum atomic E-state index is 6.32. The molecule has 1 aromatic heterocycles. The highest BCUT2D eigenvalue weighted by Crippen LogP contribution is 2.32. The number of hydrogen-bond acceptors (Lipinski definition) is 2. The molecule has 1 aromatic rings. The number of piperidine rings is 1. The molecule has 3 nitrogen and oxygen atoms in total. The summed E-state index contributed by atoms with van der Waals surface area (Å²) in [6.45, 7) is 7.20. The summed E-state index contributed by atoms with van der Waals surface area (Å²) < 4.78 is 2.06. The van der Waals surface area contributed by atoms with E-state index in [1.165, 1.54) is 18.5 Å². The van der Waals surface area contributed by atoms with E-state index in [1.807, 2.05) is 6.92 Å². The summed E-state index contributed by atoms with van der Waals surface area (Å²) in [5.41, 5.74) is 2.21. The van der Waals surface area contributed by atoms with Crippen LogP contribution in [-0.2, 0) is 6.54 Å². The van der Waals surface area contributed by atoms with Gasteiger partial charge in [-0.2, -0.15) is 5.10 Å². The molecular formula is C11H18ClN3. The fourth-order valence-electron chi connectivity index (χ4n) is 2.30. The number of aryl methyl sites for hydroxylation is 2. The predicted octanol–water partition coefficient (Wildman–Crippen LogP) is 2.33. The summed E-state index contributed by atoms with van der Waals surface area (Å²) in [6.07, 6.45) is 2.34. The number of hydrogen-bond donors (Lipinski definition) is 1. The van der Waals surface area contributed by atoms with Gasteiger partial charge in [0.15, 0.2) is 0 Å². The highest BCUT2D eigenvalue weighted by Gasteiger charge is 2.23. The molecule has 15 heavy (non-hydrogen) atoms. The monoisotopic (exact) mass is 227 g/mol. The first-order chi connectivity index (χ1) is 7.24. The van der Waals surface area contributed by atoms with Gasteiger partial charge < -0.3 is 5.32 Å². The zero-order valence-electron chi connectivity index (χ0n) is 9.39. The number of rotatable bonds is 2. The number of nitrogens with one attached hydrogen (secondary N) is 1. The van der Waals surface area contributed by atoms with Crippen molar-refractivity contribution in [3.63, 3.8) is 0 Å². The van der Waals surface area contributed by atoms with E-state index in [1.54, 1.807) is 0 Å². The molecule has 1 aliphatic rings. The molecule has 84 valence electrons. The average Bonchev–Trinajstić information content (AvgIpc) is 2.56. The molecule has 0 spiro atoms. The lowest BCUT2D eigenvalue weighted by molar-refractivity contribution is 0.432. The van der Waals surface area contributed by atoms with Gasteiger partial charge in [-0.15, -0.1) is 0 Å². The second kappa shape index (κ2) is 4.54. The van der Waals surface area contributed by atoms with Crippen LogP contribution in [0.25, 0.3) is 0 Å². The van der Waals surface area contributed by atoms with Crippen LogP contribution in [0, 0.1) is 6.92 Å². The van der Waals surface area contributed by atoms with Crippen molar-refractivity contribution in [1.82, 2.24) is 15.1 Å². The zero-order chi connectivity index (χ0) is 10.8. The highest BCUT2D eigenvalue weighted by atomic mass is 35.5. The van der Waals surface area contributed by atoms with Crippen LogP contribution in [0.1, 0.15) is 37.1 Å². The lowest BCUT2D eigenvalue weighted by Gasteiger charge is -2.23. The molecule has 0 aromatic carbocycles. The minimum atomic E-state index is 0.583. The van der Waals surface area contributed by atoms with Crippen LogP contribution in [0.15, 0.2) is 0 Å². The molecule has 0 bridgehead atoms. The number of halogens is 1. The first kappa shape index (κ1) is 11.0. The van der Waals surface area contributed by atoms with Gasteiger partial charge in [-0.1, -0.05) is 11.6 Å². The van der Waals surface area contributed by atoms with Crippen LogP contribution in [-0.4, -0.2) is 22.9 Å². The fourth-order valence-corrected chi connectivity index (χ4v) is 2.59. The first-order valence-corrected chi connectivity index (χ1v) is 6.05. The minimum Gasteiger partial charge on any atom is -0.317 e. The van der Waals surface area contributed by atoms with Crippen molar-refractivity contribution < 1.29 is 0 Å². The zero-order valence-corrected chi connectivity index (χ0v) is 10.1. The quantitative estimate of drug-likeness (QED) is 0.841. The summed E-state index contributed by atoms with van der Waals surface area (Å²) in [5.74, 6) is 0.583. The Morgan fingerprint density at radius 3 is 2.73 bits per heavy atom. The Hall–Kier alpha value is -0.540. The van der Waals surface area contributed by atoms with E-state index in [2.05, 4.69) is 22.0 Å². The maximum Gasteiger partial charge on any atom is 0.0849 e. The summed E-state index contributed by atoms with van der Waals surface area (Å²) >= 11 is 6.32. The predicted molar refractivity (Wildman–Crippen MR) is 62.5 cm³/mol. The van der Waals surface area contributed by atoms with Crippen molar-refractivity contribution in [2.24, 2.45) is 0 Å². The van der Waals surface area contributed by atoms with Gasteiger partial charge in [-0.25, -0.2) is 0 Å². The normalized spacial score (nSPS) is 18.3. The third-order valence-corrected chi connectivity index (χ3v) is 3.58. The van der Waals surface area contributed by atoms with Crippen molar-refractivity contribution in [3.05, 3.63) is 16.4 Å². The smallest absolute Gasteiger partial charge is 0.0849 e. The van der Waals surface area contributed by atoms with E-state index in [9.17, 15) is 0 Å². The van der Waals surface area contributed by atoms with E-state index in [4.69, 9.17) is 11.6 Å². The topological polar surface area (TPSA) is 29.9 Å². The molecule has 0 unspecified atom stereocenters. The van der Waals surface area contributed by atoms with Crippen LogP contribution < -0.4 is 5.32 Å². The first-order valence-electron chi connectivity index (χ1n) is 5.67. The van der Waals surface area contributed by atoms with Gasteiger partial charge in [0.25, 0.3) is 0 Å². The molecule has 2 rings (SSSR count). The Morgan fingerprint density at radius 1 is 1.47 bits per heavy atom. The van der Waals surface area contributed by atoms with Crippen molar-refractivity contribution in [2.45, 2.75) is 39.2 Å². The molecule has 0 aliphatic carbocycles. The lowest BCUT2D eigenvalue weighted by atomic mass is 9.94. The van der Waals surface area contributed by atoms with E-state index >= 15 is 0 Å². The molecule has 1 fully saturated rings. The van der Waals surface area contributed by atoms with Gasteiger partial charge >= 0.3 is 0 Å². The van der Waals surface area contributed by atoms with Crippen molar-refractivity contribution in [2.75, 3.05) is 13.1 Å². The van der Waals surface area contributed by atoms with Crippen LogP contribution >= 0.6 is 11.6 Å². The van der Waals surface area contributed by atoms with E-state index in [-0.39, 0.29) is 0 Å². The van der Waals surface area contributed by atoms with Crippen LogP contribution in [0.5, 0.6) is 0 Å². The molecule has 2 heterocycles. The van der Waals surface area contributed by atoms with E-state index in [0.29, 0.717) is 5.92 Å². The summed E-state index contributed by atoms with van der Waals surface area (Å²) in [5, 5.41) is 8.72. The summed E-state index contributed by atoms with van der Waals surface area (Å²) in [4.78, 5) is 0. The molecule has 0 atom stereocenters. The largest absolute Gasteiger partial charge is 0.317 e. The van der Waals surface area contributed by atoms with Gasteiger partial charge in [0.05, 0.1) is 16.4 Å². The third kappa shape index (κ3) is 2.04. The molecular weight excluding hydrogens is 210 g/mol. The average molecular weight is 228 g/mol.